The van der Waals surface area contributed by atoms with E-state index in [1.165, 1.54) is 6.42 Å². The Morgan fingerprint density at radius 3 is 2.75 bits per heavy atom. The number of alkyl halides is 1. The standard InChI is InChI=1S/C9H16ClNO/c1-2-6-11-9(12)8(10)7-4-3-5-7/h7-8H,2-6H2,1H3,(H,11,12). The van der Waals surface area contributed by atoms with Crippen LogP contribution < -0.4 is 5.32 Å². The van der Waals surface area contributed by atoms with Gasteiger partial charge in [0.15, 0.2) is 0 Å². The predicted octanol–water partition coefficient (Wildman–Crippen LogP) is 1.92. The van der Waals surface area contributed by atoms with Crippen molar-refractivity contribution in [3.63, 3.8) is 0 Å². The lowest BCUT2D eigenvalue weighted by Crippen LogP contribution is -2.38. The van der Waals surface area contributed by atoms with Gasteiger partial charge in [-0.05, 0) is 25.2 Å². The summed E-state index contributed by atoms with van der Waals surface area (Å²) in [6.45, 7) is 2.78. The third kappa shape index (κ3) is 2.37. The lowest BCUT2D eigenvalue weighted by Gasteiger charge is -2.28. The van der Waals surface area contributed by atoms with Crippen LogP contribution in [-0.2, 0) is 4.79 Å². The minimum Gasteiger partial charge on any atom is -0.355 e. The van der Waals surface area contributed by atoms with Gasteiger partial charge in [-0.2, -0.15) is 0 Å². The highest BCUT2D eigenvalue weighted by Gasteiger charge is 2.30. The maximum absolute atomic E-state index is 11.3. The molecule has 0 aromatic heterocycles. The normalized spacial score (nSPS) is 19.8. The fraction of sp³-hybridized carbons (Fsp3) is 0.889. The lowest BCUT2D eigenvalue weighted by molar-refractivity contribution is -0.122. The summed E-state index contributed by atoms with van der Waals surface area (Å²) in [5.41, 5.74) is 0. The number of amides is 1. The Morgan fingerprint density at radius 1 is 1.67 bits per heavy atom. The molecule has 1 aliphatic rings. The van der Waals surface area contributed by atoms with Crippen LogP contribution in [0.15, 0.2) is 0 Å². The van der Waals surface area contributed by atoms with Crippen molar-refractivity contribution in [2.24, 2.45) is 5.92 Å². The third-order valence-electron chi connectivity index (χ3n) is 2.36. The molecule has 0 aromatic carbocycles. The molecule has 0 spiro atoms. The van der Waals surface area contributed by atoms with Crippen molar-refractivity contribution in [1.29, 1.82) is 0 Å². The topological polar surface area (TPSA) is 29.1 Å². The van der Waals surface area contributed by atoms with Crippen molar-refractivity contribution in [3.05, 3.63) is 0 Å². The SMILES string of the molecule is CCCNC(=O)C(Cl)C1CCC1. The van der Waals surface area contributed by atoms with Gasteiger partial charge >= 0.3 is 0 Å². The van der Waals surface area contributed by atoms with Gasteiger partial charge in [0, 0.05) is 6.54 Å². The second-order valence-electron chi connectivity index (χ2n) is 3.38. The molecule has 1 fully saturated rings. The Hall–Kier alpha value is -0.240. The predicted molar refractivity (Wildman–Crippen MR) is 50.3 cm³/mol. The fourth-order valence-corrected chi connectivity index (χ4v) is 1.62. The van der Waals surface area contributed by atoms with Crippen LogP contribution >= 0.6 is 11.6 Å². The second kappa shape index (κ2) is 4.70. The fourth-order valence-electron chi connectivity index (χ4n) is 1.29. The molecule has 1 aliphatic carbocycles. The van der Waals surface area contributed by atoms with Crippen molar-refractivity contribution in [3.8, 4) is 0 Å². The van der Waals surface area contributed by atoms with E-state index >= 15 is 0 Å². The highest BCUT2D eigenvalue weighted by Crippen LogP contribution is 2.32. The number of halogens is 1. The second-order valence-corrected chi connectivity index (χ2v) is 3.85. The van der Waals surface area contributed by atoms with E-state index in [-0.39, 0.29) is 11.3 Å². The summed E-state index contributed by atoms with van der Waals surface area (Å²) in [4.78, 5) is 11.3. The first-order valence-corrected chi connectivity index (χ1v) is 5.11. The number of hydrogen-bond donors (Lipinski definition) is 1. The van der Waals surface area contributed by atoms with Crippen LogP contribution in [0.5, 0.6) is 0 Å². The molecule has 2 nitrogen and oxygen atoms in total. The Labute approximate surface area is 78.7 Å². The third-order valence-corrected chi connectivity index (χ3v) is 2.92. The molecule has 1 saturated carbocycles. The summed E-state index contributed by atoms with van der Waals surface area (Å²) in [5.74, 6) is 0.451. The van der Waals surface area contributed by atoms with Gasteiger partial charge in [0.2, 0.25) is 5.91 Å². The average molecular weight is 190 g/mol. The van der Waals surface area contributed by atoms with Crippen LogP contribution in [0.25, 0.3) is 0 Å². The van der Waals surface area contributed by atoms with E-state index in [2.05, 4.69) is 5.32 Å². The average Bonchev–Trinajstić information content (AvgIpc) is 1.96. The molecule has 0 radical (unpaired) electrons. The number of carbonyl (C=O) groups excluding carboxylic acids is 1. The maximum Gasteiger partial charge on any atom is 0.238 e. The van der Waals surface area contributed by atoms with E-state index < -0.39 is 0 Å². The summed E-state index contributed by atoms with van der Waals surface area (Å²) in [7, 11) is 0. The number of carbonyl (C=O) groups is 1. The van der Waals surface area contributed by atoms with Gasteiger partial charge in [-0.15, -0.1) is 11.6 Å². The Kier molecular flexibility index (Phi) is 3.86. The summed E-state index contributed by atoms with van der Waals surface area (Å²) in [6.07, 6.45) is 4.44. The Morgan fingerprint density at radius 2 is 2.33 bits per heavy atom. The zero-order valence-corrected chi connectivity index (χ0v) is 8.23. The first-order chi connectivity index (χ1) is 5.75. The summed E-state index contributed by atoms with van der Waals surface area (Å²) in [5, 5.41) is 2.52. The number of hydrogen-bond acceptors (Lipinski definition) is 1. The monoisotopic (exact) mass is 189 g/mol. The van der Waals surface area contributed by atoms with Gasteiger partial charge in [0.1, 0.15) is 5.38 Å². The molecular formula is C9H16ClNO. The number of rotatable bonds is 4. The smallest absolute Gasteiger partial charge is 0.238 e. The van der Waals surface area contributed by atoms with Gasteiger partial charge in [-0.3, -0.25) is 4.79 Å². The molecule has 0 aliphatic heterocycles. The van der Waals surface area contributed by atoms with Crippen molar-refractivity contribution < 1.29 is 4.79 Å². The van der Waals surface area contributed by atoms with Crippen molar-refractivity contribution in [1.82, 2.24) is 5.32 Å². The van der Waals surface area contributed by atoms with Gasteiger partial charge in [-0.1, -0.05) is 13.3 Å². The number of nitrogens with one attached hydrogen (secondary N) is 1. The van der Waals surface area contributed by atoms with E-state index in [1.807, 2.05) is 6.92 Å². The Bertz CT molecular complexity index is 157. The molecule has 1 amide bonds. The molecule has 0 heterocycles. The summed E-state index contributed by atoms with van der Waals surface area (Å²) in [6, 6.07) is 0. The van der Waals surface area contributed by atoms with Crippen LogP contribution in [0.2, 0.25) is 0 Å². The lowest BCUT2D eigenvalue weighted by atomic mass is 9.82. The highest BCUT2D eigenvalue weighted by molar-refractivity contribution is 6.31. The van der Waals surface area contributed by atoms with Crippen LogP contribution in [0.4, 0.5) is 0 Å². The molecule has 1 N–H and O–H groups in total. The molecule has 12 heavy (non-hydrogen) atoms. The van der Waals surface area contributed by atoms with Gasteiger partial charge in [0.05, 0.1) is 0 Å². The zero-order valence-electron chi connectivity index (χ0n) is 7.48. The summed E-state index contributed by atoms with van der Waals surface area (Å²) < 4.78 is 0. The van der Waals surface area contributed by atoms with Crippen LogP contribution in [0.3, 0.4) is 0 Å². The quantitative estimate of drug-likeness (QED) is 0.673. The largest absolute Gasteiger partial charge is 0.355 e. The van der Waals surface area contributed by atoms with Crippen molar-refractivity contribution in [2.75, 3.05) is 6.54 Å². The van der Waals surface area contributed by atoms with Crippen molar-refractivity contribution >= 4 is 17.5 Å². The van der Waals surface area contributed by atoms with E-state index in [0.29, 0.717) is 5.92 Å². The highest BCUT2D eigenvalue weighted by atomic mass is 35.5. The zero-order chi connectivity index (χ0) is 8.97. The van der Waals surface area contributed by atoms with Crippen LogP contribution in [-0.4, -0.2) is 17.8 Å². The van der Waals surface area contributed by atoms with Crippen molar-refractivity contribution in [2.45, 2.75) is 38.0 Å². The first kappa shape index (κ1) is 9.85. The molecular weight excluding hydrogens is 174 g/mol. The van der Waals surface area contributed by atoms with Crippen LogP contribution in [0.1, 0.15) is 32.6 Å². The van der Waals surface area contributed by atoms with E-state index in [4.69, 9.17) is 11.6 Å². The Balaban J connectivity index is 2.20. The molecule has 0 saturated heterocycles. The molecule has 1 rings (SSSR count). The minimum atomic E-state index is -0.287. The molecule has 0 aromatic rings. The van der Waals surface area contributed by atoms with Crippen LogP contribution in [0, 0.1) is 5.92 Å². The van der Waals surface area contributed by atoms with E-state index in [1.54, 1.807) is 0 Å². The van der Waals surface area contributed by atoms with E-state index in [9.17, 15) is 4.79 Å². The first-order valence-electron chi connectivity index (χ1n) is 4.67. The molecule has 0 bridgehead atoms. The minimum absolute atomic E-state index is 0.0169. The summed E-state index contributed by atoms with van der Waals surface area (Å²) >= 11 is 5.96. The molecule has 1 atom stereocenters. The van der Waals surface area contributed by atoms with E-state index in [0.717, 1.165) is 25.8 Å². The molecule has 3 heteroatoms. The molecule has 70 valence electrons. The van der Waals surface area contributed by atoms with Gasteiger partial charge in [-0.25, -0.2) is 0 Å². The maximum atomic E-state index is 11.3. The van der Waals surface area contributed by atoms with Gasteiger partial charge in [0.25, 0.3) is 0 Å². The molecule has 1 unspecified atom stereocenters. The van der Waals surface area contributed by atoms with Gasteiger partial charge < -0.3 is 5.32 Å².